The Hall–Kier alpha value is -3.83. The van der Waals surface area contributed by atoms with Crippen LogP contribution in [-0.2, 0) is 26.4 Å². The minimum absolute atomic E-state index is 0.0364. The highest BCUT2D eigenvalue weighted by molar-refractivity contribution is 6.04. The molecule has 3 aromatic rings. The first-order chi connectivity index (χ1) is 20.2. The van der Waals surface area contributed by atoms with E-state index < -0.39 is 18.3 Å². The fourth-order valence-electron chi connectivity index (χ4n) is 4.86. The van der Waals surface area contributed by atoms with Crippen LogP contribution < -0.4 is 10.6 Å². The van der Waals surface area contributed by atoms with E-state index in [4.69, 9.17) is 4.98 Å². The number of nitrogens with zero attached hydrogens (tertiary/aromatic N) is 5. The number of benzene rings is 1. The molecule has 2 aliphatic carbocycles. The molecule has 1 saturated carbocycles. The van der Waals surface area contributed by atoms with Gasteiger partial charge in [0.05, 0.1) is 12.2 Å². The van der Waals surface area contributed by atoms with Gasteiger partial charge in [0, 0.05) is 43.4 Å². The Bertz CT molecular complexity index is 1440. The summed E-state index contributed by atoms with van der Waals surface area (Å²) in [6.45, 7) is 3.23. The minimum atomic E-state index is -4.68. The SMILES string of the molecule is CC.CN.CN(Cc1c(C=O)cc(CO)cc1C(F)(F)F)c1cc(C2=CCCC=C2c2nncn2C)cc(C2CC2)n1. The molecule has 0 spiro atoms. The van der Waals surface area contributed by atoms with Gasteiger partial charge in [-0.3, -0.25) is 4.79 Å². The van der Waals surface area contributed by atoms with Crippen molar-refractivity contribution in [2.75, 3.05) is 19.0 Å². The van der Waals surface area contributed by atoms with Crippen molar-refractivity contribution < 1.29 is 23.1 Å². The van der Waals surface area contributed by atoms with Crippen LogP contribution in [0.25, 0.3) is 11.1 Å². The molecule has 11 heteroatoms. The molecule has 5 rings (SSSR count). The number of halogens is 3. The molecule has 1 fully saturated rings. The van der Waals surface area contributed by atoms with Crippen molar-refractivity contribution in [3.8, 4) is 0 Å². The monoisotopic (exact) mass is 584 g/mol. The van der Waals surface area contributed by atoms with E-state index in [9.17, 15) is 23.1 Å². The van der Waals surface area contributed by atoms with Crippen LogP contribution in [0.1, 0.15) is 89.6 Å². The topological polar surface area (TPSA) is 110 Å². The standard InChI is InChI=1S/C28H28F3N5O2.C2H6.CH5N/c1-35(13-23-20(15-38)9-17(14-37)10-24(23)28(29,30)31)26-12-19(11-25(33-26)18-7-8-18)21-5-3-4-6-22(21)27-34-32-16-36(27)2;2*1-2/h5-6,9-12,15-16,18,37H,3-4,7-8,13-14H2,1-2H3;1-2H3;2H2,1H3. The lowest BCUT2D eigenvalue weighted by atomic mass is 9.91. The van der Waals surface area contributed by atoms with Crippen LogP contribution in [0, 0.1) is 0 Å². The fourth-order valence-corrected chi connectivity index (χ4v) is 4.86. The zero-order valence-electron chi connectivity index (χ0n) is 24.7. The zero-order chi connectivity index (χ0) is 31.0. The zero-order valence-corrected chi connectivity index (χ0v) is 24.7. The highest BCUT2D eigenvalue weighted by Crippen LogP contribution is 2.43. The lowest BCUT2D eigenvalue weighted by molar-refractivity contribution is -0.138. The van der Waals surface area contributed by atoms with Gasteiger partial charge in [-0.25, -0.2) is 4.98 Å². The van der Waals surface area contributed by atoms with Gasteiger partial charge in [-0.2, -0.15) is 13.2 Å². The molecule has 0 saturated heterocycles. The maximum atomic E-state index is 14.0. The Kier molecular flexibility index (Phi) is 11.2. The summed E-state index contributed by atoms with van der Waals surface area (Å²) in [4.78, 5) is 18.2. The second kappa shape index (κ2) is 14.4. The number of aryl methyl sites for hydroxylation is 1. The number of aliphatic hydroxyl groups excluding tert-OH is 1. The molecule has 42 heavy (non-hydrogen) atoms. The molecule has 0 unspecified atom stereocenters. The maximum Gasteiger partial charge on any atom is 0.416 e. The largest absolute Gasteiger partial charge is 0.416 e. The molecule has 3 N–H and O–H groups in total. The second-order valence-electron chi connectivity index (χ2n) is 9.83. The summed E-state index contributed by atoms with van der Waals surface area (Å²) in [6, 6.07) is 6.14. The van der Waals surface area contributed by atoms with Crippen LogP contribution >= 0.6 is 0 Å². The van der Waals surface area contributed by atoms with Crippen molar-refractivity contribution in [3.63, 3.8) is 0 Å². The lowest BCUT2D eigenvalue weighted by Gasteiger charge is -2.25. The normalized spacial score (nSPS) is 14.5. The Morgan fingerprint density at radius 2 is 1.76 bits per heavy atom. The minimum Gasteiger partial charge on any atom is -0.392 e. The predicted octanol–water partition coefficient (Wildman–Crippen LogP) is 5.91. The van der Waals surface area contributed by atoms with Gasteiger partial charge in [-0.1, -0.05) is 26.0 Å². The van der Waals surface area contributed by atoms with Crippen molar-refractivity contribution in [3.05, 3.63) is 82.1 Å². The van der Waals surface area contributed by atoms with Gasteiger partial charge < -0.3 is 20.3 Å². The van der Waals surface area contributed by atoms with E-state index in [0.717, 1.165) is 60.0 Å². The number of hydrogen-bond donors (Lipinski definition) is 2. The van der Waals surface area contributed by atoms with Gasteiger partial charge in [-0.05, 0) is 79.3 Å². The van der Waals surface area contributed by atoms with Gasteiger partial charge >= 0.3 is 6.18 Å². The summed E-state index contributed by atoms with van der Waals surface area (Å²) in [6.07, 6.45) is 5.41. The third kappa shape index (κ3) is 7.32. The van der Waals surface area contributed by atoms with E-state index in [1.165, 1.54) is 13.1 Å². The number of carbonyl (C=O) groups excluding carboxylic acids is 1. The van der Waals surface area contributed by atoms with Gasteiger partial charge in [0.2, 0.25) is 0 Å². The summed E-state index contributed by atoms with van der Waals surface area (Å²) >= 11 is 0. The van der Waals surface area contributed by atoms with Crippen molar-refractivity contribution in [2.45, 2.75) is 64.8 Å². The lowest BCUT2D eigenvalue weighted by Crippen LogP contribution is -2.23. The number of aromatic nitrogens is 4. The summed E-state index contributed by atoms with van der Waals surface area (Å²) in [5.41, 5.74) is 7.12. The van der Waals surface area contributed by atoms with Crippen LogP contribution in [0.3, 0.4) is 0 Å². The molecule has 0 aliphatic heterocycles. The highest BCUT2D eigenvalue weighted by Gasteiger charge is 2.35. The number of nitrogens with two attached hydrogens (primary N) is 1. The van der Waals surface area contributed by atoms with Crippen molar-refractivity contribution in [1.82, 2.24) is 19.7 Å². The summed E-state index contributed by atoms with van der Waals surface area (Å²) in [5.74, 6) is 1.57. The Labute approximate surface area is 244 Å². The van der Waals surface area contributed by atoms with Gasteiger partial charge in [0.1, 0.15) is 18.4 Å². The third-order valence-corrected chi connectivity index (χ3v) is 6.99. The molecule has 2 aromatic heterocycles. The number of alkyl halides is 3. The Balaban J connectivity index is 0.00000116. The van der Waals surface area contributed by atoms with E-state index >= 15 is 0 Å². The number of allylic oxidation sites excluding steroid dienone is 4. The molecule has 2 aliphatic rings. The van der Waals surface area contributed by atoms with Gasteiger partial charge in [0.15, 0.2) is 5.82 Å². The summed E-state index contributed by atoms with van der Waals surface area (Å²) in [5, 5.41) is 17.7. The molecule has 2 heterocycles. The molecule has 226 valence electrons. The first-order valence-electron chi connectivity index (χ1n) is 14.0. The van der Waals surface area contributed by atoms with Crippen molar-refractivity contribution in [2.24, 2.45) is 12.8 Å². The van der Waals surface area contributed by atoms with E-state index in [1.807, 2.05) is 31.5 Å². The average molecular weight is 585 g/mol. The number of aldehydes is 1. The van der Waals surface area contributed by atoms with Crippen LogP contribution in [0.2, 0.25) is 0 Å². The Morgan fingerprint density at radius 3 is 2.31 bits per heavy atom. The van der Waals surface area contributed by atoms with E-state index in [-0.39, 0.29) is 23.2 Å². The molecule has 1 aromatic carbocycles. The van der Waals surface area contributed by atoms with Gasteiger partial charge in [-0.15, -0.1) is 10.2 Å². The van der Waals surface area contributed by atoms with E-state index in [2.05, 4.69) is 34.1 Å². The van der Waals surface area contributed by atoms with Crippen LogP contribution in [-0.4, -0.2) is 45.2 Å². The number of rotatable bonds is 8. The number of anilines is 1. The first-order valence-corrected chi connectivity index (χ1v) is 14.0. The van der Waals surface area contributed by atoms with Gasteiger partial charge in [0.25, 0.3) is 0 Å². The maximum absolute atomic E-state index is 14.0. The molecule has 8 nitrogen and oxygen atoms in total. The van der Waals surface area contributed by atoms with Crippen LogP contribution in [0.5, 0.6) is 0 Å². The number of carbonyl (C=O) groups is 1. The molecule has 0 amide bonds. The van der Waals surface area contributed by atoms with E-state index in [0.29, 0.717) is 18.0 Å². The fraction of sp³-hybridized carbons (Fsp3) is 0.419. The van der Waals surface area contributed by atoms with Crippen LogP contribution in [0.4, 0.5) is 19.0 Å². The molecule has 0 bridgehead atoms. The summed E-state index contributed by atoms with van der Waals surface area (Å²) < 4.78 is 43.8. The van der Waals surface area contributed by atoms with Crippen LogP contribution in [0.15, 0.2) is 42.7 Å². The molecular formula is C31H39F3N6O2. The Morgan fingerprint density at radius 1 is 1.10 bits per heavy atom. The van der Waals surface area contributed by atoms with E-state index in [1.54, 1.807) is 18.3 Å². The molecular weight excluding hydrogens is 545 g/mol. The van der Waals surface area contributed by atoms with Crippen molar-refractivity contribution in [1.29, 1.82) is 0 Å². The number of aliphatic hydroxyl groups is 1. The molecule has 0 radical (unpaired) electrons. The highest BCUT2D eigenvalue weighted by atomic mass is 19.4. The van der Waals surface area contributed by atoms with Crippen molar-refractivity contribution >= 4 is 23.3 Å². The number of hydrogen-bond acceptors (Lipinski definition) is 7. The third-order valence-electron chi connectivity index (χ3n) is 6.99. The predicted molar refractivity (Wildman–Crippen MR) is 159 cm³/mol. The smallest absolute Gasteiger partial charge is 0.392 e. The number of pyridine rings is 1. The summed E-state index contributed by atoms with van der Waals surface area (Å²) in [7, 11) is 5.06. The first kappa shape index (κ1) is 32.7. The second-order valence-corrected chi connectivity index (χ2v) is 9.83. The average Bonchev–Trinajstić information content (AvgIpc) is 3.78. The molecule has 0 atom stereocenters. The quantitative estimate of drug-likeness (QED) is 0.317.